The lowest BCUT2D eigenvalue weighted by molar-refractivity contribution is -0.123. The molecule has 0 saturated carbocycles. The van der Waals surface area contributed by atoms with Crippen LogP contribution in [-0.2, 0) is 4.79 Å². The van der Waals surface area contributed by atoms with E-state index in [2.05, 4.69) is 35.1 Å². The summed E-state index contributed by atoms with van der Waals surface area (Å²) >= 11 is 3.50. The van der Waals surface area contributed by atoms with Gasteiger partial charge in [0.1, 0.15) is 11.5 Å². The minimum absolute atomic E-state index is 0.0268. The lowest BCUT2D eigenvalue weighted by Gasteiger charge is -2.16. The summed E-state index contributed by atoms with van der Waals surface area (Å²) in [6.07, 6.45) is 0. The molecule has 140 valence electrons. The number of hydrogen-bond donors (Lipinski definition) is 1. The molecule has 0 aliphatic rings. The van der Waals surface area contributed by atoms with Gasteiger partial charge in [-0.2, -0.15) is 0 Å². The van der Waals surface area contributed by atoms with Crippen LogP contribution in [0.5, 0.6) is 11.5 Å². The zero-order valence-electron chi connectivity index (χ0n) is 15.7. The molecule has 4 nitrogen and oxygen atoms in total. The van der Waals surface area contributed by atoms with Crippen molar-refractivity contribution >= 4 is 21.8 Å². The number of amides is 1. The smallest absolute Gasteiger partial charge is 0.258 e. The monoisotopic (exact) mass is 419 g/mol. The first-order valence-electron chi connectivity index (χ1n) is 8.85. The molecule has 1 amide bonds. The summed E-state index contributed by atoms with van der Waals surface area (Å²) in [6, 6.07) is 13.6. The highest BCUT2D eigenvalue weighted by atomic mass is 79.9. The Morgan fingerprint density at radius 3 is 2.27 bits per heavy atom. The summed E-state index contributed by atoms with van der Waals surface area (Å²) in [5, 5.41) is 2.95. The summed E-state index contributed by atoms with van der Waals surface area (Å²) in [6.45, 7) is 8.78. The van der Waals surface area contributed by atoms with Gasteiger partial charge in [0, 0.05) is 0 Å². The Bertz CT molecular complexity index is 729. The van der Waals surface area contributed by atoms with E-state index in [9.17, 15) is 4.79 Å². The number of rotatable bonds is 8. The van der Waals surface area contributed by atoms with Crippen LogP contribution < -0.4 is 14.8 Å². The minimum Gasteiger partial charge on any atom is -0.494 e. The van der Waals surface area contributed by atoms with Crippen molar-refractivity contribution < 1.29 is 14.3 Å². The van der Waals surface area contributed by atoms with Gasteiger partial charge in [0.2, 0.25) is 0 Å². The molecule has 0 saturated heterocycles. The fourth-order valence-corrected chi connectivity index (χ4v) is 3.03. The Morgan fingerprint density at radius 1 is 1.04 bits per heavy atom. The normalized spacial score (nSPS) is 11.9. The molecule has 0 spiro atoms. The summed E-state index contributed by atoms with van der Waals surface area (Å²) in [5.41, 5.74) is 2.24. The van der Waals surface area contributed by atoms with Crippen LogP contribution in [0.3, 0.4) is 0 Å². The second-order valence-electron chi connectivity index (χ2n) is 6.42. The SMILES string of the molecule is CCOc1ccc([C@H](C)NC(=O)COc2ccc(C(C)C)cc2Br)cc1. The van der Waals surface area contributed by atoms with Gasteiger partial charge in [0.15, 0.2) is 6.61 Å². The Kier molecular flexibility index (Phi) is 7.51. The Morgan fingerprint density at radius 2 is 1.69 bits per heavy atom. The molecule has 0 bridgehead atoms. The van der Waals surface area contributed by atoms with Crippen LogP contribution in [-0.4, -0.2) is 19.1 Å². The largest absolute Gasteiger partial charge is 0.494 e. The number of hydrogen-bond acceptors (Lipinski definition) is 3. The second kappa shape index (κ2) is 9.62. The highest BCUT2D eigenvalue weighted by molar-refractivity contribution is 9.10. The van der Waals surface area contributed by atoms with Gasteiger partial charge in [-0.05, 0) is 71.1 Å². The standard InChI is InChI=1S/C21H26BrNO3/c1-5-25-18-9-6-16(7-10-18)15(4)23-21(24)13-26-20-11-8-17(14(2)3)12-19(20)22/h6-12,14-15H,5,13H2,1-4H3,(H,23,24)/t15-/m0/s1. The first kappa shape index (κ1) is 20.3. The third-order valence-electron chi connectivity index (χ3n) is 4.05. The molecule has 0 aromatic heterocycles. The molecule has 26 heavy (non-hydrogen) atoms. The second-order valence-corrected chi connectivity index (χ2v) is 7.28. The molecule has 0 radical (unpaired) electrons. The van der Waals surface area contributed by atoms with Crippen molar-refractivity contribution in [2.24, 2.45) is 0 Å². The molecule has 0 aliphatic carbocycles. The van der Waals surface area contributed by atoms with Crippen LogP contribution in [0.4, 0.5) is 0 Å². The van der Waals surface area contributed by atoms with Crippen molar-refractivity contribution in [3.05, 3.63) is 58.1 Å². The molecule has 1 atom stereocenters. The van der Waals surface area contributed by atoms with Gasteiger partial charge >= 0.3 is 0 Å². The van der Waals surface area contributed by atoms with Crippen molar-refractivity contribution in [2.75, 3.05) is 13.2 Å². The van der Waals surface area contributed by atoms with Gasteiger partial charge in [0.25, 0.3) is 5.91 Å². The Labute approximate surface area is 164 Å². The fourth-order valence-electron chi connectivity index (χ4n) is 2.52. The molecule has 0 heterocycles. The van der Waals surface area contributed by atoms with Crippen molar-refractivity contribution in [2.45, 2.75) is 39.7 Å². The predicted molar refractivity (Wildman–Crippen MR) is 108 cm³/mol. The van der Waals surface area contributed by atoms with Crippen molar-refractivity contribution in [1.29, 1.82) is 0 Å². The molecule has 5 heteroatoms. The summed E-state index contributed by atoms with van der Waals surface area (Å²) in [4.78, 5) is 12.2. The average Bonchev–Trinajstić information content (AvgIpc) is 2.61. The highest BCUT2D eigenvalue weighted by Crippen LogP contribution is 2.28. The molecule has 2 aromatic rings. The maximum Gasteiger partial charge on any atom is 0.258 e. The number of nitrogens with one attached hydrogen (secondary N) is 1. The first-order valence-corrected chi connectivity index (χ1v) is 9.64. The van der Waals surface area contributed by atoms with Gasteiger partial charge in [-0.25, -0.2) is 0 Å². The highest BCUT2D eigenvalue weighted by Gasteiger charge is 2.12. The van der Waals surface area contributed by atoms with Crippen LogP contribution in [0.1, 0.15) is 50.8 Å². The van der Waals surface area contributed by atoms with Gasteiger partial charge in [-0.3, -0.25) is 4.79 Å². The number of carbonyl (C=O) groups is 1. The summed E-state index contributed by atoms with van der Waals surface area (Å²) in [5.74, 6) is 1.77. The zero-order valence-corrected chi connectivity index (χ0v) is 17.3. The van der Waals surface area contributed by atoms with E-state index in [1.165, 1.54) is 5.56 Å². The van der Waals surface area contributed by atoms with E-state index in [1.54, 1.807) is 0 Å². The topological polar surface area (TPSA) is 47.6 Å². The van der Waals surface area contributed by atoms with E-state index >= 15 is 0 Å². The van der Waals surface area contributed by atoms with E-state index in [4.69, 9.17) is 9.47 Å². The third-order valence-corrected chi connectivity index (χ3v) is 4.67. The molecular formula is C21H26BrNO3. The first-order chi connectivity index (χ1) is 12.4. The van der Waals surface area contributed by atoms with Gasteiger partial charge in [0.05, 0.1) is 17.1 Å². The number of carbonyl (C=O) groups excluding carboxylic acids is 1. The van der Waals surface area contributed by atoms with Crippen LogP contribution in [0, 0.1) is 0 Å². The number of benzene rings is 2. The maximum absolute atomic E-state index is 12.2. The molecule has 0 aliphatic heterocycles. The van der Waals surface area contributed by atoms with E-state index < -0.39 is 0 Å². The predicted octanol–water partition coefficient (Wildman–Crippen LogP) is 5.23. The van der Waals surface area contributed by atoms with Crippen LogP contribution in [0.25, 0.3) is 0 Å². The molecule has 0 unspecified atom stereocenters. The fraction of sp³-hybridized carbons (Fsp3) is 0.381. The molecule has 2 rings (SSSR count). The Balaban J connectivity index is 1.88. The van der Waals surface area contributed by atoms with E-state index in [0.717, 1.165) is 15.8 Å². The van der Waals surface area contributed by atoms with Crippen LogP contribution in [0.2, 0.25) is 0 Å². The van der Waals surface area contributed by atoms with Crippen LogP contribution >= 0.6 is 15.9 Å². The van der Waals surface area contributed by atoms with Crippen molar-refractivity contribution in [1.82, 2.24) is 5.32 Å². The van der Waals surface area contributed by atoms with Crippen molar-refractivity contribution in [3.63, 3.8) is 0 Å². The lowest BCUT2D eigenvalue weighted by atomic mass is 10.0. The third kappa shape index (κ3) is 5.77. The molecular weight excluding hydrogens is 394 g/mol. The van der Waals surface area contributed by atoms with Crippen LogP contribution in [0.15, 0.2) is 46.9 Å². The van der Waals surface area contributed by atoms with E-state index in [0.29, 0.717) is 18.3 Å². The quantitative estimate of drug-likeness (QED) is 0.637. The molecule has 0 fully saturated rings. The molecule has 2 aromatic carbocycles. The summed E-state index contributed by atoms with van der Waals surface area (Å²) in [7, 11) is 0. The number of halogens is 1. The van der Waals surface area contributed by atoms with E-state index in [1.807, 2.05) is 56.3 Å². The lowest BCUT2D eigenvalue weighted by Crippen LogP contribution is -2.31. The Hall–Kier alpha value is -2.01. The maximum atomic E-state index is 12.2. The average molecular weight is 420 g/mol. The molecule has 1 N–H and O–H groups in total. The van der Waals surface area contributed by atoms with Gasteiger partial charge < -0.3 is 14.8 Å². The number of ether oxygens (including phenoxy) is 2. The van der Waals surface area contributed by atoms with Gasteiger partial charge in [-0.15, -0.1) is 0 Å². The zero-order chi connectivity index (χ0) is 19.1. The van der Waals surface area contributed by atoms with Gasteiger partial charge in [-0.1, -0.05) is 32.0 Å². The minimum atomic E-state index is -0.161. The van der Waals surface area contributed by atoms with E-state index in [-0.39, 0.29) is 18.6 Å². The van der Waals surface area contributed by atoms with Crippen molar-refractivity contribution in [3.8, 4) is 11.5 Å². The summed E-state index contributed by atoms with van der Waals surface area (Å²) < 4.78 is 11.9.